The van der Waals surface area contributed by atoms with Gasteiger partial charge in [-0.2, -0.15) is 0 Å². The number of nitrogens with zero attached hydrogens (tertiary/aromatic N) is 1. The molecule has 0 bridgehead atoms. The van der Waals surface area contributed by atoms with Crippen molar-refractivity contribution in [1.82, 2.24) is 4.90 Å². The van der Waals surface area contributed by atoms with Crippen LogP contribution in [-0.2, 0) is 23.7 Å². The number of ether oxygens (including phenoxy) is 5. The van der Waals surface area contributed by atoms with E-state index in [1.165, 1.54) is 51.4 Å². The molecule has 1 aromatic carbocycles. The van der Waals surface area contributed by atoms with Crippen molar-refractivity contribution in [3.63, 3.8) is 0 Å². The van der Waals surface area contributed by atoms with E-state index in [1.807, 2.05) is 44.2 Å². The summed E-state index contributed by atoms with van der Waals surface area (Å²) in [6.45, 7) is 9.25. The Hall–Kier alpha value is -1.71. The van der Waals surface area contributed by atoms with Crippen molar-refractivity contribution in [2.75, 3.05) is 31.6 Å². The van der Waals surface area contributed by atoms with Gasteiger partial charge in [0.25, 0.3) is 0 Å². The molecular formula is C32H52N2O6. The van der Waals surface area contributed by atoms with E-state index in [0.717, 1.165) is 38.8 Å². The van der Waals surface area contributed by atoms with Crippen LogP contribution in [0.4, 0.5) is 10.5 Å². The molecule has 0 aromatic heterocycles. The Morgan fingerprint density at radius 1 is 0.975 bits per heavy atom. The number of hydrogen-bond acceptors (Lipinski definition) is 7. The average molecular weight is 561 g/mol. The minimum Gasteiger partial charge on any atom is -0.442 e. The smallest absolute Gasteiger partial charge is 0.412 e. The van der Waals surface area contributed by atoms with E-state index in [4.69, 9.17) is 23.7 Å². The van der Waals surface area contributed by atoms with Crippen molar-refractivity contribution < 1.29 is 28.5 Å². The number of hydrogen-bond donors (Lipinski definition) is 1. The molecule has 1 N–H and O–H groups in total. The van der Waals surface area contributed by atoms with E-state index in [1.54, 1.807) is 0 Å². The molecule has 0 radical (unpaired) electrons. The largest absolute Gasteiger partial charge is 0.442 e. The number of nitrogens with one attached hydrogen (secondary N) is 1. The zero-order valence-electron chi connectivity index (χ0n) is 25.0. The number of likely N-dealkylation sites (tertiary alicyclic amines) is 1. The van der Waals surface area contributed by atoms with Gasteiger partial charge in [-0.05, 0) is 58.3 Å². The maximum atomic E-state index is 13.1. The fourth-order valence-corrected chi connectivity index (χ4v) is 6.04. The van der Waals surface area contributed by atoms with Gasteiger partial charge in [0.2, 0.25) is 0 Å². The van der Waals surface area contributed by atoms with Crippen LogP contribution in [0.25, 0.3) is 0 Å². The Labute approximate surface area is 241 Å². The quantitative estimate of drug-likeness (QED) is 0.234. The van der Waals surface area contributed by atoms with Crippen LogP contribution in [0.15, 0.2) is 30.3 Å². The van der Waals surface area contributed by atoms with Crippen LogP contribution < -0.4 is 5.32 Å². The van der Waals surface area contributed by atoms with Crippen molar-refractivity contribution >= 4 is 11.8 Å². The molecule has 226 valence electrons. The summed E-state index contributed by atoms with van der Waals surface area (Å²) < 4.78 is 31.4. The Bertz CT molecular complexity index is 860. The summed E-state index contributed by atoms with van der Waals surface area (Å²) in [4.78, 5) is 15.5. The predicted molar refractivity (Wildman–Crippen MR) is 156 cm³/mol. The monoisotopic (exact) mass is 560 g/mol. The van der Waals surface area contributed by atoms with E-state index >= 15 is 0 Å². The normalized spacial score (nSPS) is 27.2. The van der Waals surface area contributed by atoms with Crippen LogP contribution in [0.2, 0.25) is 0 Å². The summed E-state index contributed by atoms with van der Waals surface area (Å²) in [5, 5.41) is 2.87. The van der Waals surface area contributed by atoms with Crippen molar-refractivity contribution in [2.45, 2.75) is 134 Å². The second-order valence-electron chi connectivity index (χ2n) is 12.0. The molecular weight excluding hydrogens is 508 g/mol. The van der Waals surface area contributed by atoms with E-state index in [0.29, 0.717) is 18.8 Å². The lowest BCUT2D eigenvalue weighted by Gasteiger charge is -2.33. The minimum atomic E-state index is -0.744. The van der Waals surface area contributed by atoms with Crippen molar-refractivity contribution in [1.29, 1.82) is 0 Å². The lowest BCUT2D eigenvalue weighted by molar-refractivity contribution is -0.230. The summed E-state index contributed by atoms with van der Waals surface area (Å²) in [5.74, 6) is -0.744. The fraction of sp³-hybridized carbons (Fsp3) is 0.781. The number of carbonyl (C=O) groups excluding carboxylic acids is 1. The van der Waals surface area contributed by atoms with E-state index < -0.39 is 30.4 Å². The Morgan fingerprint density at radius 2 is 1.65 bits per heavy atom. The van der Waals surface area contributed by atoms with E-state index in [2.05, 4.69) is 17.1 Å². The predicted octanol–water partition coefficient (Wildman–Crippen LogP) is 6.88. The molecule has 5 atom stereocenters. The number of para-hydroxylation sites is 1. The molecule has 0 aliphatic carbocycles. The van der Waals surface area contributed by atoms with Crippen LogP contribution in [0.3, 0.4) is 0 Å². The molecule has 1 amide bonds. The van der Waals surface area contributed by atoms with Crippen LogP contribution in [0.5, 0.6) is 0 Å². The van der Waals surface area contributed by atoms with Crippen LogP contribution in [0.1, 0.15) is 97.8 Å². The first-order valence-corrected chi connectivity index (χ1v) is 15.8. The second kappa shape index (κ2) is 16.1. The molecule has 3 saturated heterocycles. The SMILES string of the molecule is CCCCCCCCCCO[C@@H]1[C@H]2OC(C)(C)O[C@H]2O[C@@H]1[C@@H](CN1CCCCCC1)OC(=O)Nc1ccccc1. The standard InChI is InChI=1S/C32H52N2O6/c1-4-5-6-7-8-9-12-18-23-36-28-27(38-30-29(28)39-32(2,3)40-30)26(24-34-21-16-10-11-17-22-34)37-31(35)33-25-19-14-13-15-20-25/h13-15,19-20,26-30H,4-12,16-18,21-24H2,1-3H3,(H,33,35)/t26-,27-,28+,29-,30-/m1/s1. The third kappa shape index (κ3) is 9.69. The molecule has 0 spiro atoms. The molecule has 3 heterocycles. The van der Waals surface area contributed by atoms with Crippen LogP contribution in [0, 0.1) is 0 Å². The number of anilines is 1. The summed E-state index contributed by atoms with van der Waals surface area (Å²) in [7, 11) is 0. The van der Waals surface area contributed by atoms with Gasteiger partial charge in [-0.15, -0.1) is 0 Å². The van der Waals surface area contributed by atoms with Gasteiger partial charge in [0.15, 0.2) is 12.1 Å². The lowest BCUT2D eigenvalue weighted by atomic mass is 10.0. The highest BCUT2D eigenvalue weighted by Gasteiger charge is 2.58. The third-order valence-electron chi connectivity index (χ3n) is 8.12. The minimum absolute atomic E-state index is 0.360. The van der Waals surface area contributed by atoms with Gasteiger partial charge < -0.3 is 23.7 Å². The summed E-state index contributed by atoms with van der Waals surface area (Å²) in [6.07, 6.45) is 11.9. The van der Waals surface area contributed by atoms with Gasteiger partial charge in [-0.3, -0.25) is 10.2 Å². The van der Waals surface area contributed by atoms with Crippen molar-refractivity contribution in [3.05, 3.63) is 30.3 Å². The molecule has 40 heavy (non-hydrogen) atoms. The first-order chi connectivity index (χ1) is 19.4. The van der Waals surface area contributed by atoms with Gasteiger partial charge in [-0.1, -0.05) is 82.9 Å². The Morgan fingerprint density at radius 3 is 2.35 bits per heavy atom. The fourth-order valence-electron chi connectivity index (χ4n) is 6.04. The highest BCUT2D eigenvalue weighted by Crippen LogP contribution is 2.40. The molecule has 8 heteroatoms. The summed E-state index contributed by atoms with van der Waals surface area (Å²) in [5.41, 5.74) is 0.696. The first-order valence-electron chi connectivity index (χ1n) is 15.8. The highest BCUT2D eigenvalue weighted by molar-refractivity contribution is 5.84. The molecule has 0 unspecified atom stereocenters. The maximum absolute atomic E-state index is 13.1. The highest BCUT2D eigenvalue weighted by atomic mass is 16.8. The number of rotatable bonds is 15. The van der Waals surface area contributed by atoms with E-state index in [-0.39, 0.29) is 12.2 Å². The summed E-state index contributed by atoms with van der Waals surface area (Å²) in [6, 6.07) is 9.38. The molecule has 8 nitrogen and oxygen atoms in total. The zero-order chi connectivity index (χ0) is 28.2. The summed E-state index contributed by atoms with van der Waals surface area (Å²) >= 11 is 0. The van der Waals surface area contributed by atoms with Gasteiger partial charge in [0.05, 0.1) is 0 Å². The first kappa shape index (κ1) is 31.2. The molecule has 3 aliphatic heterocycles. The second-order valence-corrected chi connectivity index (χ2v) is 12.0. The molecule has 1 aromatic rings. The number of amides is 1. The average Bonchev–Trinajstić information content (AvgIpc) is 3.26. The maximum Gasteiger partial charge on any atom is 0.412 e. The van der Waals surface area contributed by atoms with Crippen molar-refractivity contribution in [2.24, 2.45) is 0 Å². The molecule has 4 rings (SSSR count). The molecule has 3 fully saturated rings. The number of unbranched alkanes of at least 4 members (excludes halogenated alkanes) is 7. The lowest BCUT2D eigenvalue weighted by Crippen LogP contribution is -2.50. The van der Waals surface area contributed by atoms with Crippen LogP contribution in [-0.4, -0.2) is 73.7 Å². The molecule has 3 aliphatic rings. The van der Waals surface area contributed by atoms with Gasteiger partial charge in [0, 0.05) is 18.8 Å². The number of carbonyl (C=O) groups is 1. The topological polar surface area (TPSA) is 78.5 Å². The van der Waals surface area contributed by atoms with E-state index in [9.17, 15) is 4.79 Å². The Balaban J connectivity index is 1.40. The third-order valence-corrected chi connectivity index (χ3v) is 8.12. The van der Waals surface area contributed by atoms with Gasteiger partial charge >= 0.3 is 6.09 Å². The van der Waals surface area contributed by atoms with Gasteiger partial charge in [-0.25, -0.2) is 4.79 Å². The molecule has 0 saturated carbocycles. The number of benzene rings is 1. The Kier molecular flexibility index (Phi) is 12.5. The van der Waals surface area contributed by atoms with Crippen molar-refractivity contribution in [3.8, 4) is 0 Å². The zero-order valence-corrected chi connectivity index (χ0v) is 25.0. The van der Waals surface area contributed by atoms with Crippen LogP contribution >= 0.6 is 0 Å². The number of fused-ring (bicyclic) bond motifs is 1. The van der Waals surface area contributed by atoms with Gasteiger partial charge in [0.1, 0.15) is 24.4 Å².